The third-order valence-corrected chi connectivity index (χ3v) is 4.89. The molecule has 1 amide bonds. The molecule has 0 saturated carbocycles. The molecule has 3 rings (SSSR count). The molecular weight excluding hydrogens is 466 g/mol. The van der Waals surface area contributed by atoms with E-state index in [1.54, 1.807) is 38.1 Å². The highest BCUT2D eigenvalue weighted by Crippen LogP contribution is 2.23. The second-order valence-electron chi connectivity index (χ2n) is 7.34. The molecule has 36 heavy (non-hydrogen) atoms. The molecule has 0 radical (unpaired) electrons. The maximum atomic E-state index is 12.6. The second-order valence-corrected chi connectivity index (χ2v) is 7.34. The summed E-state index contributed by atoms with van der Waals surface area (Å²) in [4.78, 5) is 40.6. The van der Waals surface area contributed by atoms with Gasteiger partial charge in [0.05, 0.1) is 23.8 Å². The number of nitrogens with zero attached hydrogens (tertiary/aromatic N) is 3. The molecule has 0 bridgehead atoms. The number of amides is 1. The Balaban J connectivity index is 1.74. The summed E-state index contributed by atoms with van der Waals surface area (Å²) in [6, 6.07) is 17.7. The van der Waals surface area contributed by atoms with Crippen molar-refractivity contribution in [3.05, 3.63) is 88.2 Å². The summed E-state index contributed by atoms with van der Waals surface area (Å²) in [7, 11) is 1.51. The third-order valence-electron chi connectivity index (χ3n) is 4.89. The molecular formula is C26H25N3O7. The first-order valence-electron chi connectivity index (χ1n) is 11.1. The minimum Gasteiger partial charge on any atom is -0.487 e. The number of carbonyl (C=O) groups is 2. The Morgan fingerprint density at radius 2 is 1.64 bits per heavy atom. The zero-order valence-electron chi connectivity index (χ0n) is 20.0. The van der Waals surface area contributed by atoms with Crippen LogP contribution in [-0.2, 0) is 14.3 Å². The number of anilines is 1. The monoisotopic (exact) mass is 491 g/mol. The van der Waals surface area contributed by atoms with Gasteiger partial charge < -0.3 is 14.2 Å². The van der Waals surface area contributed by atoms with Gasteiger partial charge in [-0.1, -0.05) is 30.3 Å². The number of nitro benzene ring substituents is 1. The van der Waals surface area contributed by atoms with E-state index in [2.05, 4.69) is 4.98 Å². The largest absolute Gasteiger partial charge is 0.487 e. The number of ether oxygens (including phenoxy) is 3. The maximum Gasteiger partial charge on any atom is 0.420 e. The number of benzene rings is 2. The minimum atomic E-state index is -0.698. The number of aromatic nitrogens is 1. The van der Waals surface area contributed by atoms with Crippen LogP contribution in [0.15, 0.2) is 72.5 Å². The summed E-state index contributed by atoms with van der Waals surface area (Å²) in [6.45, 7) is 4.09. The van der Waals surface area contributed by atoms with Crippen molar-refractivity contribution in [1.29, 1.82) is 0 Å². The van der Waals surface area contributed by atoms with Gasteiger partial charge >= 0.3 is 12.1 Å². The first-order chi connectivity index (χ1) is 17.3. The molecule has 0 unspecified atom stereocenters. The topological polar surface area (TPSA) is 121 Å². The number of esters is 1. The van der Waals surface area contributed by atoms with E-state index in [4.69, 9.17) is 14.2 Å². The molecule has 0 N–H and O–H groups in total. The molecule has 10 nitrogen and oxygen atoms in total. The van der Waals surface area contributed by atoms with Crippen molar-refractivity contribution in [2.45, 2.75) is 13.8 Å². The molecule has 1 aromatic heterocycles. The second kappa shape index (κ2) is 12.1. The summed E-state index contributed by atoms with van der Waals surface area (Å²) < 4.78 is 15.7. The van der Waals surface area contributed by atoms with E-state index < -0.39 is 17.0 Å². The number of nitro groups is 1. The van der Waals surface area contributed by atoms with Crippen molar-refractivity contribution < 1.29 is 28.7 Å². The molecule has 186 valence electrons. The van der Waals surface area contributed by atoms with Crippen molar-refractivity contribution in [1.82, 2.24) is 4.98 Å². The van der Waals surface area contributed by atoms with Gasteiger partial charge in [-0.05, 0) is 49.8 Å². The fourth-order valence-electron chi connectivity index (χ4n) is 3.09. The van der Waals surface area contributed by atoms with Gasteiger partial charge in [0.15, 0.2) is 0 Å². The Kier molecular flexibility index (Phi) is 8.71. The Hall–Kier alpha value is -4.73. The summed E-state index contributed by atoms with van der Waals surface area (Å²) in [6.07, 6.45) is 0.910. The molecule has 0 atom stereocenters. The van der Waals surface area contributed by atoms with Crippen LogP contribution in [0.3, 0.4) is 0 Å². The Labute approximate surface area is 207 Å². The van der Waals surface area contributed by atoms with Crippen LogP contribution < -0.4 is 9.64 Å². The van der Waals surface area contributed by atoms with E-state index in [1.807, 2.05) is 24.3 Å². The highest BCUT2D eigenvalue weighted by molar-refractivity contribution is 5.91. The number of rotatable bonds is 9. The average Bonchev–Trinajstić information content (AvgIpc) is 2.89. The van der Waals surface area contributed by atoms with Gasteiger partial charge in [-0.2, -0.15) is 0 Å². The zero-order valence-corrected chi connectivity index (χ0v) is 20.0. The summed E-state index contributed by atoms with van der Waals surface area (Å²) >= 11 is 0. The summed E-state index contributed by atoms with van der Waals surface area (Å²) in [5.74, 6) is 0.123. The van der Waals surface area contributed by atoms with Crippen molar-refractivity contribution in [3.8, 4) is 17.0 Å². The molecule has 2 aromatic carbocycles. The van der Waals surface area contributed by atoms with E-state index in [0.29, 0.717) is 18.1 Å². The van der Waals surface area contributed by atoms with Crippen LogP contribution in [0.25, 0.3) is 17.3 Å². The number of pyridine rings is 1. The number of carbonyl (C=O) groups excluding carboxylic acids is 2. The fraction of sp³-hybridized carbons (Fsp3) is 0.192. The smallest absolute Gasteiger partial charge is 0.420 e. The average molecular weight is 492 g/mol. The van der Waals surface area contributed by atoms with Crippen molar-refractivity contribution in [3.63, 3.8) is 0 Å². The molecule has 3 aromatic rings. The van der Waals surface area contributed by atoms with Crippen LogP contribution in [0.5, 0.6) is 5.75 Å². The molecule has 0 aliphatic carbocycles. The standard InChI is InChI=1S/C26H25N3O7/c1-4-34-23(25(30)35-5-2)17-18-9-11-19(12-10-18)22-7-6-8-24(27-22)28(3)26(31)36-21-15-13-20(14-16-21)29(32)33/h6-17H,4-5H2,1-3H3. The zero-order chi connectivity index (χ0) is 26.1. The van der Waals surface area contributed by atoms with Crippen LogP contribution in [-0.4, -0.2) is 42.2 Å². The molecule has 0 saturated heterocycles. The first kappa shape index (κ1) is 25.9. The molecule has 10 heteroatoms. The highest BCUT2D eigenvalue weighted by atomic mass is 16.6. The molecule has 1 heterocycles. The van der Waals surface area contributed by atoms with Crippen LogP contribution in [0, 0.1) is 10.1 Å². The van der Waals surface area contributed by atoms with E-state index >= 15 is 0 Å². The van der Waals surface area contributed by atoms with Gasteiger partial charge in [0.25, 0.3) is 5.69 Å². The lowest BCUT2D eigenvalue weighted by Gasteiger charge is -2.16. The molecule has 0 aliphatic heterocycles. The lowest BCUT2D eigenvalue weighted by molar-refractivity contribution is -0.384. The SMILES string of the molecule is CCOC(=O)C(=Cc1ccc(-c2cccc(N(C)C(=O)Oc3ccc([N+](=O)[O-])cc3)n2)cc1)OCC. The van der Waals surface area contributed by atoms with Crippen molar-refractivity contribution in [2.24, 2.45) is 0 Å². The summed E-state index contributed by atoms with van der Waals surface area (Å²) in [5, 5.41) is 10.8. The highest BCUT2D eigenvalue weighted by Gasteiger charge is 2.16. The van der Waals surface area contributed by atoms with E-state index in [-0.39, 0.29) is 23.8 Å². The van der Waals surface area contributed by atoms with E-state index in [1.165, 1.54) is 36.2 Å². The van der Waals surface area contributed by atoms with E-state index in [0.717, 1.165) is 11.1 Å². The minimum absolute atomic E-state index is 0.103. The fourth-order valence-corrected chi connectivity index (χ4v) is 3.09. The van der Waals surface area contributed by atoms with Crippen molar-refractivity contribution >= 4 is 29.6 Å². The maximum absolute atomic E-state index is 12.6. The van der Waals surface area contributed by atoms with Gasteiger partial charge in [-0.15, -0.1) is 0 Å². The van der Waals surface area contributed by atoms with E-state index in [9.17, 15) is 19.7 Å². The predicted octanol–water partition coefficient (Wildman–Crippen LogP) is 5.23. The number of non-ortho nitro benzene ring substituents is 1. The van der Waals surface area contributed by atoms with Crippen LogP contribution in [0.4, 0.5) is 16.3 Å². The quantitative estimate of drug-likeness (QED) is 0.131. The Morgan fingerprint density at radius 3 is 2.25 bits per heavy atom. The van der Waals surface area contributed by atoms with Gasteiger partial charge in [-0.3, -0.25) is 15.0 Å². The molecule has 0 aliphatic rings. The Morgan fingerprint density at radius 1 is 0.972 bits per heavy atom. The summed E-state index contributed by atoms with van der Waals surface area (Å²) in [5.41, 5.74) is 2.05. The third kappa shape index (κ3) is 6.66. The number of hydrogen-bond acceptors (Lipinski definition) is 8. The molecule has 0 fully saturated rings. The van der Waals surface area contributed by atoms with Gasteiger partial charge in [0.2, 0.25) is 5.76 Å². The van der Waals surface area contributed by atoms with Gasteiger partial charge in [-0.25, -0.2) is 14.6 Å². The Bertz CT molecular complexity index is 1260. The number of hydrogen-bond donors (Lipinski definition) is 0. The van der Waals surface area contributed by atoms with Crippen molar-refractivity contribution in [2.75, 3.05) is 25.2 Å². The lowest BCUT2D eigenvalue weighted by atomic mass is 10.1. The first-order valence-corrected chi connectivity index (χ1v) is 11.1. The van der Waals surface area contributed by atoms with Crippen LogP contribution in [0.2, 0.25) is 0 Å². The molecule has 0 spiro atoms. The van der Waals surface area contributed by atoms with Gasteiger partial charge in [0.1, 0.15) is 11.6 Å². The normalized spacial score (nSPS) is 10.9. The van der Waals surface area contributed by atoms with Gasteiger partial charge in [0, 0.05) is 24.7 Å². The van der Waals surface area contributed by atoms with Crippen LogP contribution >= 0.6 is 0 Å². The van der Waals surface area contributed by atoms with Crippen LogP contribution in [0.1, 0.15) is 19.4 Å². The predicted molar refractivity (Wildman–Crippen MR) is 133 cm³/mol. The lowest BCUT2D eigenvalue weighted by Crippen LogP contribution is -2.30.